The van der Waals surface area contributed by atoms with Gasteiger partial charge in [0.2, 0.25) is 0 Å². The Kier molecular flexibility index (Phi) is 6.02. The Balaban J connectivity index is 1.76. The van der Waals surface area contributed by atoms with Crippen LogP contribution >= 0.6 is 0 Å². The van der Waals surface area contributed by atoms with Gasteiger partial charge in [-0.25, -0.2) is 9.37 Å². The molecule has 1 aromatic heterocycles. The zero-order valence-corrected chi connectivity index (χ0v) is 17.4. The second-order valence-corrected chi connectivity index (χ2v) is 7.40. The minimum absolute atomic E-state index is 0.0184. The van der Waals surface area contributed by atoms with E-state index in [0.717, 1.165) is 6.07 Å². The van der Waals surface area contributed by atoms with Crippen LogP contribution in [-0.4, -0.2) is 44.9 Å². The lowest BCUT2D eigenvalue weighted by Crippen LogP contribution is -2.31. The van der Waals surface area contributed by atoms with Crippen molar-refractivity contribution in [3.63, 3.8) is 0 Å². The average molecular weight is 435 g/mol. The van der Waals surface area contributed by atoms with Gasteiger partial charge in [0.05, 0.1) is 30.6 Å². The van der Waals surface area contributed by atoms with Crippen LogP contribution < -0.4 is 4.74 Å². The first-order chi connectivity index (χ1) is 15.5. The van der Waals surface area contributed by atoms with E-state index in [2.05, 4.69) is 4.98 Å². The molecule has 0 saturated carbocycles. The van der Waals surface area contributed by atoms with Crippen molar-refractivity contribution in [1.29, 1.82) is 0 Å². The molecule has 7 nitrogen and oxygen atoms in total. The maximum Gasteiger partial charge on any atom is 0.295 e. The summed E-state index contributed by atoms with van der Waals surface area (Å²) in [4.78, 5) is 31.4. The van der Waals surface area contributed by atoms with Gasteiger partial charge in [-0.3, -0.25) is 9.59 Å². The van der Waals surface area contributed by atoms with Crippen molar-refractivity contribution in [2.45, 2.75) is 19.0 Å². The summed E-state index contributed by atoms with van der Waals surface area (Å²) >= 11 is 0. The van der Waals surface area contributed by atoms with Gasteiger partial charge in [0.15, 0.2) is 0 Å². The summed E-state index contributed by atoms with van der Waals surface area (Å²) in [5.41, 5.74) is 0.601. The SMILES string of the molecule is COc1ccc(F)cc1C(O)=C1C(=O)C(=O)N(CCCn2ccnc2)[C@H]1c1ccccc1. The highest BCUT2D eigenvalue weighted by Gasteiger charge is 2.46. The molecule has 0 aliphatic carbocycles. The minimum Gasteiger partial charge on any atom is -0.507 e. The van der Waals surface area contributed by atoms with E-state index in [4.69, 9.17) is 4.74 Å². The number of nitrogens with zero attached hydrogens (tertiary/aromatic N) is 3. The second kappa shape index (κ2) is 9.05. The van der Waals surface area contributed by atoms with Gasteiger partial charge in [-0.1, -0.05) is 30.3 Å². The lowest BCUT2D eigenvalue weighted by molar-refractivity contribution is -0.139. The van der Waals surface area contributed by atoms with Crippen molar-refractivity contribution in [2.24, 2.45) is 0 Å². The summed E-state index contributed by atoms with van der Waals surface area (Å²) in [6.45, 7) is 0.904. The monoisotopic (exact) mass is 435 g/mol. The predicted molar refractivity (Wildman–Crippen MR) is 115 cm³/mol. The van der Waals surface area contributed by atoms with Gasteiger partial charge in [-0.05, 0) is 30.2 Å². The van der Waals surface area contributed by atoms with E-state index in [1.165, 1.54) is 24.1 Å². The van der Waals surface area contributed by atoms with E-state index in [0.29, 0.717) is 25.1 Å². The van der Waals surface area contributed by atoms with Crippen molar-refractivity contribution < 1.29 is 23.8 Å². The van der Waals surface area contributed by atoms with Crippen LogP contribution in [0.1, 0.15) is 23.6 Å². The second-order valence-electron chi connectivity index (χ2n) is 7.40. The van der Waals surface area contributed by atoms with Crippen LogP contribution in [0.25, 0.3) is 5.76 Å². The molecule has 1 aliphatic rings. The van der Waals surface area contributed by atoms with Crippen molar-refractivity contribution in [3.8, 4) is 5.75 Å². The topological polar surface area (TPSA) is 84.7 Å². The number of aryl methyl sites for hydroxylation is 1. The van der Waals surface area contributed by atoms with Gasteiger partial charge < -0.3 is 19.3 Å². The van der Waals surface area contributed by atoms with Crippen LogP contribution in [0.2, 0.25) is 0 Å². The highest BCUT2D eigenvalue weighted by Crippen LogP contribution is 2.41. The van der Waals surface area contributed by atoms with Gasteiger partial charge in [-0.2, -0.15) is 0 Å². The fraction of sp³-hybridized carbons (Fsp3) is 0.208. The number of Topliss-reactive ketones (excluding diaryl/α,β-unsaturated/α-hetero) is 1. The van der Waals surface area contributed by atoms with Gasteiger partial charge in [-0.15, -0.1) is 0 Å². The molecule has 1 saturated heterocycles. The van der Waals surface area contributed by atoms with E-state index >= 15 is 0 Å². The number of carbonyl (C=O) groups excluding carboxylic acids is 2. The number of rotatable bonds is 7. The molecule has 0 radical (unpaired) electrons. The summed E-state index contributed by atoms with van der Waals surface area (Å²) in [6.07, 6.45) is 5.75. The fourth-order valence-corrected chi connectivity index (χ4v) is 3.95. The van der Waals surface area contributed by atoms with E-state index in [9.17, 15) is 19.1 Å². The zero-order chi connectivity index (χ0) is 22.7. The Labute approximate surface area is 184 Å². The number of ether oxygens (including phenoxy) is 1. The zero-order valence-electron chi connectivity index (χ0n) is 17.4. The number of aliphatic hydroxyl groups excluding tert-OH is 1. The van der Waals surface area contributed by atoms with Crippen molar-refractivity contribution in [3.05, 3.63) is 89.8 Å². The van der Waals surface area contributed by atoms with Crippen molar-refractivity contribution in [1.82, 2.24) is 14.5 Å². The van der Waals surface area contributed by atoms with Gasteiger partial charge in [0, 0.05) is 25.5 Å². The standard InChI is InChI=1S/C24H22FN3O4/c1-32-19-9-8-17(25)14-18(19)22(29)20-21(16-6-3-2-4-7-16)28(24(31)23(20)30)12-5-11-27-13-10-26-15-27/h2-4,6-10,13-15,21,29H,5,11-12H2,1H3/t21-/m0/s1. The Hall–Kier alpha value is -3.94. The molecule has 4 rings (SSSR count). The molecule has 0 spiro atoms. The molecule has 164 valence electrons. The van der Waals surface area contributed by atoms with Crippen molar-refractivity contribution in [2.75, 3.05) is 13.7 Å². The number of ketones is 1. The largest absolute Gasteiger partial charge is 0.507 e. The number of imidazole rings is 1. The number of hydrogen-bond acceptors (Lipinski definition) is 5. The number of likely N-dealkylation sites (tertiary alicyclic amines) is 1. The maximum atomic E-state index is 13.9. The summed E-state index contributed by atoms with van der Waals surface area (Å²) in [7, 11) is 1.38. The first-order valence-corrected chi connectivity index (χ1v) is 10.1. The van der Waals surface area contributed by atoms with E-state index in [-0.39, 0.29) is 16.9 Å². The number of aliphatic hydroxyl groups is 1. The molecule has 1 fully saturated rings. The average Bonchev–Trinajstić information content (AvgIpc) is 3.41. The number of methoxy groups -OCH3 is 1. The van der Waals surface area contributed by atoms with Crippen LogP contribution in [0.15, 0.2) is 72.8 Å². The maximum absolute atomic E-state index is 13.9. The molecule has 3 aromatic rings. The Morgan fingerprint density at radius 3 is 2.62 bits per heavy atom. The molecule has 0 bridgehead atoms. The number of hydrogen-bond donors (Lipinski definition) is 1. The Bertz CT molecular complexity index is 1160. The lowest BCUT2D eigenvalue weighted by Gasteiger charge is -2.25. The molecule has 8 heteroatoms. The molecule has 1 N–H and O–H groups in total. The molecule has 2 aromatic carbocycles. The molecular formula is C24H22FN3O4. The normalized spacial score (nSPS) is 17.7. The number of carbonyl (C=O) groups is 2. The van der Waals surface area contributed by atoms with E-state index in [1.807, 2.05) is 16.8 Å². The first kappa shape index (κ1) is 21.3. The predicted octanol–water partition coefficient (Wildman–Crippen LogP) is 3.54. The minimum atomic E-state index is -0.815. The third-order valence-corrected chi connectivity index (χ3v) is 5.45. The number of amides is 1. The van der Waals surface area contributed by atoms with Gasteiger partial charge >= 0.3 is 0 Å². The summed E-state index contributed by atoms with van der Waals surface area (Å²) in [5, 5.41) is 11.1. The highest BCUT2D eigenvalue weighted by molar-refractivity contribution is 6.46. The first-order valence-electron chi connectivity index (χ1n) is 10.1. The van der Waals surface area contributed by atoms with Crippen LogP contribution in [0, 0.1) is 5.82 Å². The summed E-state index contributed by atoms with van der Waals surface area (Å²) in [5.74, 6) is -2.39. The highest BCUT2D eigenvalue weighted by atomic mass is 19.1. The van der Waals surface area contributed by atoms with Crippen LogP contribution in [0.5, 0.6) is 5.75 Å². The molecule has 32 heavy (non-hydrogen) atoms. The van der Waals surface area contributed by atoms with Crippen LogP contribution in [-0.2, 0) is 16.1 Å². The van der Waals surface area contributed by atoms with Crippen LogP contribution in [0.4, 0.5) is 4.39 Å². The Morgan fingerprint density at radius 2 is 1.94 bits per heavy atom. The van der Waals surface area contributed by atoms with Gasteiger partial charge in [0.25, 0.3) is 11.7 Å². The third kappa shape index (κ3) is 3.99. The van der Waals surface area contributed by atoms with Gasteiger partial charge in [0.1, 0.15) is 17.3 Å². The van der Waals surface area contributed by atoms with Crippen molar-refractivity contribution >= 4 is 17.4 Å². The molecule has 1 atom stereocenters. The molecular weight excluding hydrogens is 413 g/mol. The summed E-state index contributed by atoms with van der Waals surface area (Å²) in [6, 6.07) is 11.8. The summed E-state index contributed by atoms with van der Waals surface area (Å²) < 4.78 is 21.1. The lowest BCUT2D eigenvalue weighted by atomic mass is 9.95. The fourth-order valence-electron chi connectivity index (χ4n) is 3.95. The molecule has 1 aliphatic heterocycles. The number of benzene rings is 2. The molecule has 1 amide bonds. The quantitative estimate of drug-likeness (QED) is 0.349. The van der Waals surface area contributed by atoms with E-state index in [1.54, 1.807) is 36.8 Å². The number of halogens is 1. The molecule has 0 unspecified atom stereocenters. The van der Waals surface area contributed by atoms with Crippen LogP contribution in [0.3, 0.4) is 0 Å². The number of aromatic nitrogens is 2. The Morgan fingerprint density at radius 1 is 1.16 bits per heavy atom. The third-order valence-electron chi connectivity index (χ3n) is 5.45. The smallest absolute Gasteiger partial charge is 0.295 e. The van der Waals surface area contributed by atoms with E-state index < -0.39 is 29.3 Å². The molecule has 2 heterocycles.